The van der Waals surface area contributed by atoms with Crippen LogP contribution in [0.25, 0.3) is 0 Å². The number of nitrogen functional groups attached to an aromatic ring is 1. The predicted molar refractivity (Wildman–Crippen MR) is 71.2 cm³/mol. The third kappa shape index (κ3) is 2.70. The van der Waals surface area contributed by atoms with E-state index >= 15 is 0 Å². The highest BCUT2D eigenvalue weighted by Crippen LogP contribution is 2.23. The first-order valence-corrected chi connectivity index (χ1v) is 6.41. The van der Waals surface area contributed by atoms with Gasteiger partial charge >= 0.3 is 0 Å². The Balaban J connectivity index is 2.22. The van der Waals surface area contributed by atoms with E-state index in [1.54, 1.807) is 0 Å². The van der Waals surface area contributed by atoms with Crippen molar-refractivity contribution in [2.24, 2.45) is 11.8 Å². The molecule has 2 unspecified atom stereocenters. The third-order valence-electron chi connectivity index (χ3n) is 3.41. The average Bonchev–Trinajstić information content (AvgIpc) is 2.41. The molecule has 6 heteroatoms. The van der Waals surface area contributed by atoms with Crippen molar-refractivity contribution < 1.29 is 5.11 Å². The Hall–Kier alpha value is -1.40. The van der Waals surface area contributed by atoms with Crippen molar-refractivity contribution in [2.45, 2.75) is 32.8 Å². The van der Waals surface area contributed by atoms with Gasteiger partial charge in [-0.1, -0.05) is 13.8 Å². The van der Waals surface area contributed by atoms with Gasteiger partial charge in [-0.15, -0.1) is 0 Å². The van der Waals surface area contributed by atoms with Crippen LogP contribution in [0, 0.1) is 5.92 Å². The lowest BCUT2D eigenvalue weighted by Crippen LogP contribution is -2.42. The van der Waals surface area contributed by atoms with Gasteiger partial charge in [-0.3, -0.25) is 0 Å². The molecule has 0 amide bonds. The third-order valence-corrected chi connectivity index (χ3v) is 3.41. The number of aromatic nitrogens is 2. The number of hydrazine groups is 1. The maximum Gasteiger partial charge on any atom is 0.145 e. The lowest BCUT2D eigenvalue weighted by atomic mass is 9.97. The number of aryl methyl sites for hydroxylation is 1. The van der Waals surface area contributed by atoms with E-state index in [1.807, 2.05) is 13.0 Å². The molecule has 1 aliphatic rings. The number of nitrogens with zero attached hydrogens (tertiary/aromatic N) is 3. The van der Waals surface area contributed by atoms with E-state index in [1.165, 1.54) is 0 Å². The molecule has 4 N–H and O–H groups in total. The predicted octanol–water partition coefficient (Wildman–Crippen LogP) is 0.532. The van der Waals surface area contributed by atoms with Crippen LogP contribution in [0.15, 0.2) is 6.07 Å². The first-order valence-electron chi connectivity index (χ1n) is 6.41. The van der Waals surface area contributed by atoms with E-state index in [9.17, 15) is 5.11 Å². The Labute approximate surface area is 107 Å². The van der Waals surface area contributed by atoms with Gasteiger partial charge < -0.3 is 15.4 Å². The van der Waals surface area contributed by atoms with Gasteiger partial charge in [0.2, 0.25) is 0 Å². The highest BCUT2D eigenvalue weighted by atomic mass is 16.3. The van der Waals surface area contributed by atoms with Crippen LogP contribution in [0.2, 0.25) is 0 Å². The molecule has 0 aliphatic carbocycles. The smallest absolute Gasteiger partial charge is 0.145 e. The fourth-order valence-electron chi connectivity index (χ4n) is 2.22. The van der Waals surface area contributed by atoms with Crippen LogP contribution in [0.4, 0.5) is 11.6 Å². The minimum atomic E-state index is -0.208. The van der Waals surface area contributed by atoms with E-state index in [0.717, 1.165) is 37.6 Å². The molecule has 0 radical (unpaired) electrons. The Morgan fingerprint density at radius 3 is 2.94 bits per heavy atom. The summed E-state index contributed by atoms with van der Waals surface area (Å²) in [7, 11) is 0. The molecular weight excluding hydrogens is 230 g/mol. The van der Waals surface area contributed by atoms with Crippen LogP contribution >= 0.6 is 0 Å². The fourth-order valence-corrected chi connectivity index (χ4v) is 2.22. The molecule has 1 fully saturated rings. The highest BCUT2D eigenvalue weighted by Gasteiger charge is 2.25. The van der Waals surface area contributed by atoms with Crippen molar-refractivity contribution in [1.29, 1.82) is 0 Å². The number of piperidine rings is 1. The van der Waals surface area contributed by atoms with Crippen LogP contribution in [-0.4, -0.2) is 34.3 Å². The van der Waals surface area contributed by atoms with Gasteiger partial charge in [0, 0.05) is 25.6 Å². The van der Waals surface area contributed by atoms with Crippen molar-refractivity contribution in [3.8, 4) is 0 Å². The van der Waals surface area contributed by atoms with Gasteiger partial charge in [0.15, 0.2) is 0 Å². The van der Waals surface area contributed by atoms with Crippen molar-refractivity contribution >= 4 is 11.6 Å². The van der Waals surface area contributed by atoms with Gasteiger partial charge in [0.1, 0.15) is 17.5 Å². The Bertz CT molecular complexity index is 389. The van der Waals surface area contributed by atoms with Gasteiger partial charge in [-0.25, -0.2) is 15.8 Å². The summed E-state index contributed by atoms with van der Waals surface area (Å²) in [4.78, 5) is 11.0. The van der Waals surface area contributed by atoms with Crippen molar-refractivity contribution in [3.05, 3.63) is 11.9 Å². The second kappa shape index (κ2) is 5.49. The summed E-state index contributed by atoms with van der Waals surface area (Å²) in [6.07, 6.45) is 1.34. The SMILES string of the molecule is CCc1nc(NN)cc(N2CCC(O)C(C)C2)n1. The number of nitrogens with two attached hydrogens (primary N) is 1. The molecule has 18 heavy (non-hydrogen) atoms. The molecule has 100 valence electrons. The molecule has 2 rings (SSSR count). The molecule has 0 saturated carbocycles. The molecule has 0 aromatic carbocycles. The summed E-state index contributed by atoms with van der Waals surface area (Å²) in [5.74, 6) is 7.97. The van der Waals surface area contributed by atoms with Crippen molar-refractivity contribution in [3.63, 3.8) is 0 Å². The molecule has 1 aromatic heterocycles. The molecule has 1 aliphatic heterocycles. The van der Waals surface area contributed by atoms with Crippen LogP contribution in [0.5, 0.6) is 0 Å². The molecular formula is C12H21N5O. The van der Waals surface area contributed by atoms with Crippen LogP contribution in [0.3, 0.4) is 0 Å². The summed E-state index contributed by atoms with van der Waals surface area (Å²) in [5.41, 5.74) is 2.57. The Morgan fingerprint density at radius 1 is 1.56 bits per heavy atom. The van der Waals surface area contributed by atoms with E-state index in [4.69, 9.17) is 5.84 Å². The maximum atomic E-state index is 9.75. The minimum Gasteiger partial charge on any atom is -0.393 e. The zero-order valence-electron chi connectivity index (χ0n) is 10.9. The van der Waals surface area contributed by atoms with Crippen LogP contribution in [-0.2, 0) is 6.42 Å². The fraction of sp³-hybridized carbons (Fsp3) is 0.667. The monoisotopic (exact) mass is 251 g/mol. The molecule has 2 atom stereocenters. The largest absolute Gasteiger partial charge is 0.393 e. The number of aliphatic hydroxyl groups is 1. The van der Waals surface area contributed by atoms with Gasteiger partial charge in [0.25, 0.3) is 0 Å². The first-order chi connectivity index (χ1) is 8.63. The number of hydrogen-bond acceptors (Lipinski definition) is 6. The molecule has 1 aromatic rings. The quantitative estimate of drug-likeness (QED) is 0.536. The average molecular weight is 251 g/mol. The standard InChI is InChI=1S/C12H21N5O/c1-3-10-14-11(16-13)6-12(15-10)17-5-4-9(18)8(2)7-17/h6,8-9,18H,3-5,7,13H2,1-2H3,(H,14,15,16). The van der Waals surface area contributed by atoms with Gasteiger partial charge in [-0.2, -0.15) is 0 Å². The topological polar surface area (TPSA) is 87.3 Å². The Kier molecular flexibility index (Phi) is 3.98. The minimum absolute atomic E-state index is 0.208. The van der Waals surface area contributed by atoms with E-state index in [2.05, 4.69) is 27.2 Å². The summed E-state index contributed by atoms with van der Waals surface area (Å²) in [6.45, 7) is 5.70. The highest BCUT2D eigenvalue weighted by molar-refractivity contribution is 5.49. The zero-order valence-corrected chi connectivity index (χ0v) is 10.9. The number of nitrogens with one attached hydrogen (secondary N) is 1. The second-order valence-electron chi connectivity index (χ2n) is 4.80. The lowest BCUT2D eigenvalue weighted by Gasteiger charge is -2.35. The van der Waals surface area contributed by atoms with E-state index in [-0.39, 0.29) is 12.0 Å². The molecule has 6 nitrogen and oxygen atoms in total. The number of anilines is 2. The van der Waals surface area contributed by atoms with Crippen LogP contribution < -0.4 is 16.2 Å². The van der Waals surface area contributed by atoms with Crippen molar-refractivity contribution in [1.82, 2.24) is 9.97 Å². The Morgan fingerprint density at radius 2 is 2.33 bits per heavy atom. The normalized spacial score (nSPS) is 24.1. The zero-order chi connectivity index (χ0) is 13.1. The van der Waals surface area contributed by atoms with Crippen LogP contribution in [0.1, 0.15) is 26.1 Å². The number of rotatable bonds is 3. The molecule has 1 saturated heterocycles. The lowest BCUT2D eigenvalue weighted by molar-refractivity contribution is 0.0969. The first kappa shape index (κ1) is 13.0. The number of aliphatic hydroxyl groups excluding tert-OH is 1. The maximum absolute atomic E-state index is 9.75. The summed E-state index contributed by atoms with van der Waals surface area (Å²) >= 11 is 0. The number of hydrogen-bond donors (Lipinski definition) is 3. The van der Waals surface area contributed by atoms with Gasteiger partial charge in [-0.05, 0) is 12.3 Å². The van der Waals surface area contributed by atoms with Crippen molar-refractivity contribution in [2.75, 3.05) is 23.4 Å². The molecule has 2 heterocycles. The van der Waals surface area contributed by atoms with E-state index < -0.39 is 0 Å². The molecule has 0 bridgehead atoms. The van der Waals surface area contributed by atoms with E-state index in [0.29, 0.717) is 5.82 Å². The van der Waals surface area contributed by atoms with Gasteiger partial charge in [0.05, 0.1) is 6.10 Å². The summed E-state index contributed by atoms with van der Waals surface area (Å²) in [5, 5.41) is 9.75. The summed E-state index contributed by atoms with van der Waals surface area (Å²) < 4.78 is 0. The summed E-state index contributed by atoms with van der Waals surface area (Å²) in [6, 6.07) is 1.85. The molecule has 0 spiro atoms. The second-order valence-corrected chi connectivity index (χ2v) is 4.80.